The second-order valence-electron chi connectivity index (χ2n) is 5.82. The summed E-state index contributed by atoms with van der Waals surface area (Å²) in [7, 11) is 2.03. The molecule has 0 bridgehead atoms. The van der Waals surface area contributed by atoms with Crippen molar-refractivity contribution in [3.63, 3.8) is 0 Å². The SMILES string of the molecule is CCO[C@@H]1CN(C)C[C@H]1NC(=O)Nc1cccc2cnccc12. The van der Waals surface area contributed by atoms with Gasteiger partial charge in [-0.05, 0) is 26.1 Å². The summed E-state index contributed by atoms with van der Waals surface area (Å²) in [5, 5.41) is 7.94. The number of ether oxygens (including phenoxy) is 1. The van der Waals surface area contributed by atoms with Crippen molar-refractivity contribution in [3.05, 3.63) is 36.7 Å². The Morgan fingerprint density at radius 3 is 3.09 bits per heavy atom. The fourth-order valence-corrected chi connectivity index (χ4v) is 3.04. The third-order valence-electron chi connectivity index (χ3n) is 4.07. The second-order valence-corrected chi connectivity index (χ2v) is 5.82. The van der Waals surface area contributed by atoms with E-state index < -0.39 is 0 Å². The van der Waals surface area contributed by atoms with Gasteiger partial charge in [0.25, 0.3) is 0 Å². The summed E-state index contributed by atoms with van der Waals surface area (Å²) in [6.07, 6.45) is 3.55. The first kappa shape index (κ1) is 15.7. The van der Waals surface area contributed by atoms with Crippen LogP contribution in [0.4, 0.5) is 10.5 Å². The maximum atomic E-state index is 12.4. The lowest BCUT2D eigenvalue weighted by molar-refractivity contribution is 0.0568. The molecule has 6 nitrogen and oxygen atoms in total. The predicted octanol–water partition coefficient (Wildman–Crippen LogP) is 2.08. The number of nitrogens with zero attached hydrogens (tertiary/aromatic N) is 2. The number of likely N-dealkylation sites (tertiary alicyclic amines) is 1. The number of amides is 2. The average Bonchev–Trinajstić information content (AvgIpc) is 2.87. The van der Waals surface area contributed by atoms with Crippen LogP contribution in [0, 0.1) is 0 Å². The number of fused-ring (bicyclic) bond motifs is 1. The zero-order chi connectivity index (χ0) is 16.2. The van der Waals surface area contributed by atoms with Crippen molar-refractivity contribution in [2.24, 2.45) is 0 Å². The van der Waals surface area contributed by atoms with Gasteiger partial charge in [0, 0.05) is 42.9 Å². The molecule has 2 heterocycles. The van der Waals surface area contributed by atoms with Gasteiger partial charge in [-0.25, -0.2) is 4.79 Å². The van der Waals surface area contributed by atoms with Gasteiger partial charge in [-0.2, -0.15) is 0 Å². The quantitative estimate of drug-likeness (QED) is 0.907. The molecule has 3 rings (SSSR count). The number of anilines is 1. The average molecular weight is 314 g/mol. The van der Waals surface area contributed by atoms with E-state index in [9.17, 15) is 4.79 Å². The third kappa shape index (κ3) is 3.60. The largest absolute Gasteiger partial charge is 0.375 e. The van der Waals surface area contributed by atoms with E-state index in [2.05, 4.69) is 20.5 Å². The van der Waals surface area contributed by atoms with Crippen LogP contribution in [0.3, 0.4) is 0 Å². The highest BCUT2D eigenvalue weighted by atomic mass is 16.5. The number of aromatic nitrogens is 1. The molecule has 23 heavy (non-hydrogen) atoms. The molecule has 1 aliphatic rings. The van der Waals surface area contributed by atoms with Gasteiger partial charge in [0.2, 0.25) is 0 Å². The molecule has 1 aromatic heterocycles. The summed E-state index contributed by atoms with van der Waals surface area (Å²) in [6.45, 7) is 4.24. The van der Waals surface area contributed by atoms with Crippen LogP contribution in [0.5, 0.6) is 0 Å². The predicted molar refractivity (Wildman–Crippen MR) is 90.6 cm³/mol. The van der Waals surface area contributed by atoms with E-state index >= 15 is 0 Å². The number of carbonyl (C=O) groups excluding carboxylic acids is 1. The van der Waals surface area contributed by atoms with Crippen LogP contribution < -0.4 is 10.6 Å². The molecule has 0 radical (unpaired) electrons. The van der Waals surface area contributed by atoms with E-state index in [4.69, 9.17) is 4.74 Å². The highest BCUT2D eigenvalue weighted by Gasteiger charge is 2.32. The van der Waals surface area contributed by atoms with Crippen molar-refractivity contribution in [3.8, 4) is 0 Å². The number of pyridine rings is 1. The number of hydrogen-bond acceptors (Lipinski definition) is 4. The fraction of sp³-hybridized carbons (Fsp3) is 0.412. The fourth-order valence-electron chi connectivity index (χ4n) is 3.04. The molecular formula is C17H22N4O2. The molecule has 0 saturated carbocycles. The van der Waals surface area contributed by atoms with E-state index in [1.807, 2.05) is 38.2 Å². The topological polar surface area (TPSA) is 66.5 Å². The summed E-state index contributed by atoms with van der Waals surface area (Å²) < 4.78 is 5.71. The van der Waals surface area contributed by atoms with Gasteiger partial charge in [0.05, 0.1) is 17.8 Å². The molecule has 2 amide bonds. The van der Waals surface area contributed by atoms with Crippen LogP contribution in [0.2, 0.25) is 0 Å². The summed E-state index contributed by atoms with van der Waals surface area (Å²) >= 11 is 0. The van der Waals surface area contributed by atoms with Gasteiger partial charge < -0.3 is 20.3 Å². The number of urea groups is 1. The second kappa shape index (κ2) is 6.93. The highest BCUT2D eigenvalue weighted by molar-refractivity contribution is 6.01. The Labute approximate surface area is 135 Å². The molecule has 6 heteroatoms. The molecule has 0 spiro atoms. The van der Waals surface area contributed by atoms with Crippen LogP contribution in [-0.2, 0) is 4.74 Å². The Bertz CT molecular complexity index is 686. The van der Waals surface area contributed by atoms with Crippen molar-refractivity contribution in [1.82, 2.24) is 15.2 Å². The standard InChI is InChI=1S/C17H22N4O2/c1-3-23-16-11-21(2)10-15(16)20-17(22)19-14-6-4-5-12-9-18-8-7-13(12)14/h4-9,15-16H,3,10-11H2,1-2H3,(H2,19,20,22)/t15-,16-/m1/s1. The molecule has 1 aromatic carbocycles. The first-order chi connectivity index (χ1) is 11.2. The number of rotatable bonds is 4. The highest BCUT2D eigenvalue weighted by Crippen LogP contribution is 2.22. The van der Waals surface area contributed by atoms with Gasteiger partial charge in [-0.3, -0.25) is 4.98 Å². The number of hydrogen-bond donors (Lipinski definition) is 2. The molecule has 1 aliphatic heterocycles. The normalized spacial score (nSPS) is 21.5. The van der Waals surface area contributed by atoms with Gasteiger partial charge in [0.1, 0.15) is 0 Å². The Hall–Kier alpha value is -2.18. The van der Waals surface area contributed by atoms with E-state index in [-0.39, 0.29) is 18.2 Å². The van der Waals surface area contributed by atoms with Gasteiger partial charge in [0.15, 0.2) is 0 Å². The number of likely N-dealkylation sites (N-methyl/N-ethyl adjacent to an activating group) is 1. The van der Waals surface area contributed by atoms with Crippen LogP contribution in [0.15, 0.2) is 36.7 Å². The van der Waals surface area contributed by atoms with Crippen molar-refractivity contribution < 1.29 is 9.53 Å². The Balaban J connectivity index is 1.69. The summed E-state index contributed by atoms with van der Waals surface area (Å²) in [6, 6.07) is 7.46. The molecule has 122 valence electrons. The van der Waals surface area contributed by atoms with Crippen LogP contribution in [0.25, 0.3) is 10.8 Å². The van der Waals surface area contributed by atoms with Crippen molar-refractivity contribution in [2.75, 3.05) is 32.1 Å². The minimum Gasteiger partial charge on any atom is -0.375 e. The smallest absolute Gasteiger partial charge is 0.319 e. The zero-order valence-corrected chi connectivity index (χ0v) is 13.5. The Morgan fingerprint density at radius 1 is 1.39 bits per heavy atom. The van der Waals surface area contributed by atoms with E-state index in [0.29, 0.717) is 6.61 Å². The molecule has 1 fully saturated rings. The summed E-state index contributed by atoms with van der Waals surface area (Å²) in [5.41, 5.74) is 0.779. The maximum absolute atomic E-state index is 12.4. The van der Waals surface area contributed by atoms with Crippen LogP contribution in [0.1, 0.15) is 6.92 Å². The molecule has 0 unspecified atom stereocenters. The first-order valence-electron chi connectivity index (χ1n) is 7.87. The third-order valence-corrected chi connectivity index (χ3v) is 4.07. The lowest BCUT2D eigenvalue weighted by Crippen LogP contribution is -2.45. The zero-order valence-electron chi connectivity index (χ0n) is 13.5. The van der Waals surface area contributed by atoms with Gasteiger partial charge in [-0.1, -0.05) is 12.1 Å². The molecule has 2 aromatic rings. The van der Waals surface area contributed by atoms with Crippen LogP contribution in [-0.4, -0.2) is 54.8 Å². The monoisotopic (exact) mass is 314 g/mol. The lowest BCUT2D eigenvalue weighted by atomic mass is 10.1. The van der Waals surface area contributed by atoms with Crippen molar-refractivity contribution in [2.45, 2.75) is 19.1 Å². The van der Waals surface area contributed by atoms with E-state index in [1.165, 1.54) is 0 Å². The van der Waals surface area contributed by atoms with Gasteiger partial charge in [-0.15, -0.1) is 0 Å². The molecule has 1 saturated heterocycles. The van der Waals surface area contributed by atoms with E-state index in [1.54, 1.807) is 12.4 Å². The van der Waals surface area contributed by atoms with Gasteiger partial charge >= 0.3 is 6.03 Å². The molecule has 2 atom stereocenters. The van der Waals surface area contributed by atoms with Crippen molar-refractivity contribution in [1.29, 1.82) is 0 Å². The maximum Gasteiger partial charge on any atom is 0.319 e. The summed E-state index contributed by atoms with van der Waals surface area (Å²) in [5.74, 6) is 0. The first-order valence-corrected chi connectivity index (χ1v) is 7.87. The molecule has 2 N–H and O–H groups in total. The number of benzene rings is 1. The minimum atomic E-state index is -0.209. The lowest BCUT2D eigenvalue weighted by Gasteiger charge is -2.20. The number of nitrogens with one attached hydrogen (secondary N) is 2. The minimum absolute atomic E-state index is 0.00315. The number of carbonyl (C=O) groups is 1. The Kier molecular flexibility index (Phi) is 4.73. The Morgan fingerprint density at radius 2 is 2.26 bits per heavy atom. The van der Waals surface area contributed by atoms with Crippen molar-refractivity contribution >= 4 is 22.5 Å². The molecule has 0 aliphatic carbocycles. The van der Waals surface area contributed by atoms with E-state index in [0.717, 1.165) is 29.5 Å². The summed E-state index contributed by atoms with van der Waals surface area (Å²) in [4.78, 5) is 18.6. The molecular weight excluding hydrogens is 292 g/mol. The van der Waals surface area contributed by atoms with Crippen LogP contribution >= 0.6 is 0 Å².